The van der Waals surface area contributed by atoms with Gasteiger partial charge in [0.1, 0.15) is 17.0 Å². The molecule has 1 aromatic carbocycles. The van der Waals surface area contributed by atoms with Crippen LogP contribution in [-0.2, 0) is 13.6 Å². The average Bonchev–Trinajstić information content (AvgIpc) is 3.35. The Kier molecular flexibility index (Phi) is 4.86. The molecule has 0 atom stereocenters. The van der Waals surface area contributed by atoms with Crippen LogP contribution in [0.4, 0.5) is 10.2 Å². The fraction of sp³-hybridized carbons (Fsp3) is 0.273. The van der Waals surface area contributed by atoms with E-state index in [1.54, 1.807) is 19.6 Å². The number of rotatable bonds is 5. The van der Waals surface area contributed by atoms with Gasteiger partial charge in [0.05, 0.1) is 11.8 Å². The molecule has 3 aromatic heterocycles. The molecule has 0 amide bonds. The molecule has 0 radical (unpaired) electrons. The highest BCUT2D eigenvalue weighted by molar-refractivity contribution is 6.07. The number of fused-ring (bicyclic) bond motifs is 3. The zero-order chi connectivity index (χ0) is 22.2. The number of nitrogens with zero attached hydrogens (tertiary/aromatic N) is 5. The van der Waals surface area contributed by atoms with Crippen molar-refractivity contribution in [2.75, 3.05) is 12.4 Å². The second-order valence-corrected chi connectivity index (χ2v) is 7.89. The van der Waals surface area contributed by atoms with E-state index in [4.69, 9.17) is 5.26 Å². The maximum atomic E-state index is 14.5. The number of pyridine rings is 1. The van der Waals surface area contributed by atoms with E-state index < -0.39 is 0 Å². The number of nitriles is 1. The number of nitrogens with one attached hydrogen (secondary N) is 4. The molecule has 3 heterocycles. The number of anilines is 1. The molecule has 0 spiro atoms. The van der Waals surface area contributed by atoms with E-state index >= 15 is 0 Å². The molecule has 9 nitrogen and oxygen atoms in total. The second-order valence-electron chi connectivity index (χ2n) is 7.89. The first-order chi connectivity index (χ1) is 15.6. The number of halogens is 1. The van der Waals surface area contributed by atoms with Crippen LogP contribution in [-0.4, -0.2) is 38.6 Å². The summed E-state index contributed by atoms with van der Waals surface area (Å²) in [5.41, 5.74) is 4.62. The lowest BCUT2D eigenvalue weighted by atomic mass is 10.1. The molecule has 5 rings (SSSR count). The molecule has 1 fully saturated rings. The number of benzene rings is 1. The predicted octanol–water partition coefficient (Wildman–Crippen LogP) is 2.98. The lowest BCUT2D eigenvalue weighted by molar-refractivity contribution is 0.625. The van der Waals surface area contributed by atoms with Gasteiger partial charge >= 0.3 is 0 Å². The van der Waals surface area contributed by atoms with Crippen LogP contribution < -0.4 is 16.0 Å². The van der Waals surface area contributed by atoms with Gasteiger partial charge in [-0.25, -0.2) is 14.4 Å². The van der Waals surface area contributed by atoms with Crippen molar-refractivity contribution in [3.63, 3.8) is 0 Å². The highest BCUT2D eigenvalue weighted by Crippen LogP contribution is 2.32. The Labute approximate surface area is 183 Å². The second kappa shape index (κ2) is 7.85. The van der Waals surface area contributed by atoms with Gasteiger partial charge in [-0.3, -0.25) is 0 Å². The third kappa shape index (κ3) is 3.69. The van der Waals surface area contributed by atoms with E-state index in [0.29, 0.717) is 35.6 Å². The van der Waals surface area contributed by atoms with Crippen LogP contribution in [0.1, 0.15) is 18.4 Å². The maximum Gasteiger partial charge on any atom is 0.209 e. The van der Waals surface area contributed by atoms with Crippen LogP contribution in [0.3, 0.4) is 0 Å². The molecule has 10 heteroatoms. The van der Waals surface area contributed by atoms with Crippen molar-refractivity contribution in [1.29, 1.82) is 5.26 Å². The summed E-state index contributed by atoms with van der Waals surface area (Å²) in [5, 5.41) is 19.1. The Morgan fingerprint density at radius 1 is 1.34 bits per heavy atom. The molecule has 4 N–H and O–H groups in total. The van der Waals surface area contributed by atoms with Crippen molar-refractivity contribution in [2.24, 2.45) is 12.0 Å². The Morgan fingerprint density at radius 2 is 2.19 bits per heavy atom. The first-order valence-corrected chi connectivity index (χ1v) is 10.3. The van der Waals surface area contributed by atoms with Gasteiger partial charge < -0.3 is 25.5 Å². The minimum atomic E-state index is -0.346. The summed E-state index contributed by atoms with van der Waals surface area (Å²) in [5.74, 6) is 0.744. The van der Waals surface area contributed by atoms with Crippen LogP contribution in [0.25, 0.3) is 33.3 Å². The Morgan fingerprint density at radius 3 is 2.94 bits per heavy atom. The number of hydrogen-bond donors (Lipinski definition) is 4. The summed E-state index contributed by atoms with van der Waals surface area (Å²) in [4.78, 5) is 16.2. The van der Waals surface area contributed by atoms with Gasteiger partial charge in [-0.1, -0.05) is 0 Å². The topological polar surface area (TPSA) is 119 Å². The van der Waals surface area contributed by atoms with Crippen molar-refractivity contribution in [2.45, 2.75) is 25.4 Å². The van der Waals surface area contributed by atoms with Crippen molar-refractivity contribution in [1.82, 2.24) is 30.2 Å². The van der Waals surface area contributed by atoms with E-state index in [9.17, 15) is 4.39 Å². The van der Waals surface area contributed by atoms with Crippen molar-refractivity contribution in [3.05, 3.63) is 42.0 Å². The van der Waals surface area contributed by atoms with E-state index in [2.05, 4.69) is 35.9 Å². The van der Waals surface area contributed by atoms with E-state index in [1.165, 1.54) is 12.1 Å². The molecular formula is C22H22FN9. The van der Waals surface area contributed by atoms with Crippen LogP contribution >= 0.6 is 0 Å². The third-order valence-corrected chi connectivity index (χ3v) is 5.48. The minimum Gasteiger partial charge on any atom is -0.371 e. The van der Waals surface area contributed by atoms with E-state index in [1.807, 2.05) is 23.7 Å². The largest absolute Gasteiger partial charge is 0.371 e. The molecule has 1 aliphatic carbocycles. The van der Waals surface area contributed by atoms with Crippen LogP contribution in [0.15, 0.2) is 35.6 Å². The number of hydrogen-bond acceptors (Lipinski definition) is 5. The molecular weight excluding hydrogens is 409 g/mol. The maximum absolute atomic E-state index is 14.5. The Balaban J connectivity index is 1.49. The molecule has 1 aliphatic rings. The highest BCUT2D eigenvalue weighted by atomic mass is 19.1. The van der Waals surface area contributed by atoms with Gasteiger partial charge in [-0.15, -0.1) is 4.99 Å². The van der Waals surface area contributed by atoms with Crippen LogP contribution in [0, 0.1) is 17.3 Å². The minimum absolute atomic E-state index is 0.333. The van der Waals surface area contributed by atoms with Gasteiger partial charge in [0, 0.05) is 43.3 Å². The predicted molar refractivity (Wildman–Crippen MR) is 121 cm³/mol. The first-order valence-electron chi connectivity index (χ1n) is 10.3. The number of guanidine groups is 1. The lowest BCUT2D eigenvalue weighted by Gasteiger charge is -2.11. The summed E-state index contributed by atoms with van der Waals surface area (Å²) in [7, 11) is 3.74. The quantitative estimate of drug-likeness (QED) is 0.219. The summed E-state index contributed by atoms with van der Waals surface area (Å²) in [6.45, 7) is 0.333. The average molecular weight is 431 g/mol. The summed E-state index contributed by atoms with van der Waals surface area (Å²) < 4.78 is 16.4. The summed E-state index contributed by atoms with van der Waals surface area (Å²) in [6.07, 6.45) is 5.66. The van der Waals surface area contributed by atoms with E-state index in [0.717, 1.165) is 40.5 Å². The van der Waals surface area contributed by atoms with Crippen molar-refractivity contribution < 1.29 is 4.39 Å². The molecule has 0 unspecified atom stereocenters. The van der Waals surface area contributed by atoms with Gasteiger partial charge in [-0.05, 0) is 42.7 Å². The standard InChI is InChI=1S/C22H22FN9/c1-25-21-18-19(32(2)11-28-18)16-8-17(30-20(16)31-21)13-5-12(6-14(23)7-13)9-26-22(27-10-24)29-15-3-4-15/h5-8,11,15H,3-4,9H2,1-2H3,(H2,25,30,31)(H2,26,27,29). The molecule has 0 aliphatic heterocycles. The smallest absolute Gasteiger partial charge is 0.209 e. The zero-order valence-electron chi connectivity index (χ0n) is 17.7. The van der Waals surface area contributed by atoms with Crippen LogP contribution in [0.5, 0.6) is 0 Å². The van der Waals surface area contributed by atoms with Crippen LogP contribution in [0.2, 0.25) is 0 Å². The lowest BCUT2D eigenvalue weighted by Crippen LogP contribution is -2.38. The van der Waals surface area contributed by atoms with Crippen molar-refractivity contribution in [3.8, 4) is 17.5 Å². The molecule has 1 saturated carbocycles. The number of aryl methyl sites for hydroxylation is 1. The SMILES string of the molecule is CNc1nc2[nH]c(-c3cc(F)cc(CN/C(=N/C#N)NC4CC4)c3)cc2c2c1ncn2C. The molecule has 162 valence electrons. The summed E-state index contributed by atoms with van der Waals surface area (Å²) in [6, 6.07) is 7.18. The van der Waals surface area contributed by atoms with Gasteiger partial charge in [0.15, 0.2) is 5.82 Å². The number of aromatic nitrogens is 4. The third-order valence-electron chi connectivity index (χ3n) is 5.48. The normalized spacial score (nSPS) is 14.0. The van der Waals surface area contributed by atoms with Gasteiger partial charge in [0.25, 0.3) is 0 Å². The monoisotopic (exact) mass is 431 g/mol. The summed E-state index contributed by atoms with van der Waals surface area (Å²) >= 11 is 0. The van der Waals surface area contributed by atoms with E-state index in [-0.39, 0.29) is 5.82 Å². The fourth-order valence-electron chi connectivity index (χ4n) is 3.82. The molecule has 0 bridgehead atoms. The fourth-order valence-corrected chi connectivity index (χ4v) is 3.82. The number of aliphatic imine (C=N–C) groups is 1. The Bertz CT molecular complexity index is 1390. The highest BCUT2D eigenvalue weighted by Gasteiger charge is 2.22. The van der Waals surface area contributed by atoms with Gasteiger partial charge in [0.2, 0.25) is 12.2 Å². The molecule has 0 saturated heterocycles. The molecule has 4 aromatic rings. The van der Waals surface area contributed by atoms with Crippen molar-refractivity contribution >= 4 is 33.8 Å². The number of imidazole rings is 1. The van der Waals surface area contributed by atoms with Gasteiger partial charge in [-0.2, -0.15) is 5.26 Å². The Hall–Kier alpha value is -4.13. The molecule has 32 heavy (non-hydrogen) atoms. The number of H-pyrrole nitrogens is 1. The number of aromatic amines is 1. The zero-order valence-corrected chi connectivity index (χ0v) is 17.7. The first kappa shape index (κ1) is 19.8.